The highest BCUT2D eigenvalue weighted by Crippen LogP contribution is 2.50. The van der Waals surface area contributed by atoms with Crippen molar-refractivity contribution in [2.24, 2.45) is 11.3 Å². The molecule has 80 valence electrons. The zero-order valence-electron chi connectivity index (χ0n) is 8.92. The summed E-state index contributed by atoms with van der Waals surface area (Å²) in [5.74, 6) is -0.915. The molecule has 0 radical (unpaired) electrons. The van der Waals surface area contributed by atoms with Gasteiger partial charge in [0.15, 0.2) is 0 Å². The summed E-state index contributed by atoms with van der Waals surface area (Å²) in [5.41, 5.74) is 0.321. The van der Waals surface area contributed by atoms with Crippen molar-refractivity contribution < 1.29 is 14.3 Å². The molecule has 4 heteroatoms. The van der Waals surface area contributed by atoms with Crippen molar-refractivity contribution in [2.45, 2.75) is 27.2 Å². The first-order valence-corrected chi connectivity index (χ1v) is 4.92. The lowest BCUT2D eigenvalue weighted by atomic mass is 10.1. The summed E-state index contributed by atoms with van der Waals surface area (Å²) in [4.78, 5) is 22.0. The summed E-state index contributed by atoms with van der Waals surface area (Å²) < 4.78 is 4.56. The largest absolute Gasteiger partial charge is 0.459 e. The van der Waals surface area contributed by atoms with E-state index in [1.165, 1.54) is 0 Å². The second-order valence-corrected chi connectivity index (χ2v) is 4.32. The van der Waals surface area contributed by atoms with Crippen molar-refractivity contribution in [3.8, 4) is 0 Å². The van der Waals surface area contributed by atoms with E-state index in [1.807, 2.05) is 0 Å². The molecule has 0 aromatic rings. The maximum absolute atomic E-state index is 11.1. The molecule has 14 heavy (non-hydrogen) atoms. The highest BCUT2D eigenvalue weighted by atomic mass is 16.5. The van der Waals surface area contributed by atoms with Gasteiger partial charge in [-0.15, -0.1) is 0 Å². The van der Waals surface area contributed by atoms with Gasteiger partial charge in [-0.05, 0) is 24.7 Å². The minimum atomic E-state index is -0.786. The van der Waals surface area contributed by atoms with Gasteiger partial charge in [-0.2, -0.15) is 0 Å². The van der Waals surface area contributed by atoms with E-state index in [4.69, 9.17) is 0 Å². The zero-order chi connectivity index (χ0) is 10.8. The summed E-state index contributed by atoms with van der Waals surface area (Å²) in [6.07, 6.45) is 1.11. The van der Waals surface area contributed by atoms with Gasteiger partial charge >= 0.3 is 11.9 Å². The van der Waals surface area contributed by atoms with Crippen LogP contribution in [0.3, 0.4) is 0 Å². The van der Waals surface area contributed by atoms with Crippen LogP contribution in [0.25, 0.3) is 0 Å². The van der Waals surface area contributed by atoms with Crippen LogP contribution in [0.15, 0.2) is 0 Å². The third kappa shape index (κ3) is 2.72. The number of nitrogens with one attached hydrogen (secondary N) is 1. The van der Waals surface area contributed by atoms with Crippen molar-refractivity contribution in [3.63, 3.8) is 0 Å². The topological polar surface area (TPSA) is 55.4 Å². The smallest absolute Gasteiger partial charge is 0.396 e. The molecule has 1 fully saturated rings. The summed E-state index contributed by atoms with van der Waals surface area (Å²) in [5, 5.41) is 2.57. The molecule has 1 aliphatic carbocycles. The molecule has 0 heterocycles. The molecule has 1 unspecified atom stereocenters. The Kier molecular flexibility index (Phi) is 3.13. The van der Waals surface area contributed by atoms with Crippen LogP contribution in [0.5, 0.6) is 0 Å². The van der Waals surface area contributed by atoms with E-state index in [2.05, 4.69) is 23.9 Å². The van der Waals surface area contributed by atoms with E-state index in [9.17, 15) is 9.59 Å². The van der Waals surface area contributed by atoms with Crippen molar-refractivity contribution in [2.75, 3.05) is 13.2 Å². The Balaban J connectivity index is 2.19. The quantitative estimate of drug-likeness (QED) is 0.538. The van der Waals surface area contributed by atoms with E-state index in [0.717, 1.165) is 6.42 Å². The number of carbonyl (C=O) groups excluding carboxylic acids is 2. The molecule has 1 rings (SSSR count). The van der Waals surface area contributed by atoms with Gasteiger partial charge in [0.05, 0.1) is 6.61 Å². The Morgan fingerprint density at radius 3 is 2.50 bits per heavy atom. The van der Waals surface area contributed by atoms with Gasteiger partial charge in [-0.1, -0.05) is 13.8 Å². The third-order valence-electron chi connectivity index (χ3n) is 2.69. The van der Waals surface area contributed by atoms with E-state index >= 15 is 0 Å². The maximum atomic E-state index is 11.1. The molecular weight excluding hydrogens is 182 g/mol. The molecule has 0 saturated heterocycles. The third-order valence-corrected chi connectivity index (χ3v) is 2.69. The first-order chi connectivity index (χ1) is 6.47. The van der Waals surface area contributed by atoms with Crippen LogP contribution in [0.2, 0.25) is 0 Å². The summed E-state index contributed by atoms with van der Waals surface area (Å²) in [6, 6.07) is 0. The van der Waals surface area contributed by atoms with E-state index in [0.29, 0.717) is 17.9 Å². The molecule has 1 saturated carbocycles. The van der Waals surface area contributed by atoms with Crippen molar-refractivity contribution >= 4 is 11.9 Å². The molecule has 1 aliphatic rings. The maximum Gasteiger partial charge on any atom is 0.396 e. The minimum absolute atomic E-state index is 0.237. The first kappa shape index (κ1) is 11.0. The van der Waals surface area contributed by atoms with E-state index < -0.39 is 11.9 Å². The summed E-state index contributed by atoms with van der Waals surface area (Å²) >= 11 is 0. The van der Waals surface area contributed by atoms with Gasteiger partial charge in [-0.3, -0.25) is 4.79 Å². The normalized spacial score (nSPS) is 22.6. The monoisotopic (exact) mass is 199 g/mol. The Bertz CT molecular complexity index is 248. The SMILES string of the molecule is CCOC(=O)C(=O)NCC1CC1(C)C. The molecular formula is C10H17NO3. The minimum Gasteiger partial charge on any atom is -0.459 e. The molecule has 0 aromatic carbocycles. The average molecular weight is 199 g/mol. The van der Waals surface area contributed by atoms with Crippen molar-refractivity contribution in [1.29, 1.82) is 0 Å². The molecule has 1 atom stereocenters. The van der Waals surface area contributed by atoms with Crippen LogP contribution in [0, 0.1) is 11.3 Å². The Morgan fingerprint density at radius 2 is 2.07 bits per heavy atom. The Morgan fingerprint density at radius 1 is 1.50 bits per heavy atom. The lowest BCUT2D eigenvalue weighted by Gasteiger charge is -2.05. The molecule has 1 N–H and O–H groups in total. The zero-order valence-corrected chi connectivity index (χ0v) is 8.92. The number of ether oxygens (including phenoxy) is 1. The van der Waals surface area contributed by atoms with Crippen LogP contribution >= 0.6 is 0 Å². The van der Waals surface area contributed by atoms with Crippen molar-refractivity contribution in [1.82, 2.24) is 5.32 Å². The van der Waals surface area contributed by atoms with Gasteiger partial charge in [0.25, 0.3) is 0 Å². The fraction of sp³-hybridized carbons (Fsp3) is 0.800. The highest BCUT2D eigenvalue weighted by molar-refractivity contribution is 6.32. The predicted molar refractivity (Wildman–Crippen MR) is 51.5 cm³/mol. The molecule has 0 spiro atoms. The van der Waals surface area contributed by atoms with E-state index in [-0.39, 0.29) is 6.61 Å². The van der Waals surface area contributed by atoms with Crippen LogP contribution in [-0.2, 0) is 14.3 Å². The summed E-state index contributed by atoms with van der Waals surface area (Å²) in [7, 11) is 0. The first-order valence-electron chi connectivity index (χ1n) is 4.92. The second-order valence-electron chi connectivity index (χ2n) is 4.32. The van der Waals surface area contributed by atoms with Crippen LogP contribution < -0.4 is 5.32 Å². The van der Waals surface area contributed by atoms with Crippen LogP contribution in [0.1, 0.15) is 27.2 Å². The van der Waals surface area contributed by atoms with Crippen molar-refractivity contribution in [3.05, 3.63) is 0 Å². The van der Waals surface area contributed by atoms with Gasteiger partial charge in [0.2, 0.25) is 0 Å². The van der Waals surface area contributed by atoms with Gasteiger partial charge in [0, 0.05) is 6.54 Å². The molecule has 0 bridgehead atoms. The molecule has 0 aromatic heterocycles. The lowest BCUT2D eigenvalue weighted by molar-refractivity contribution is -0.154. The number of carbonyl (C=O) groups is 2. The lowest BCUT2D eigenvalue weighted by Crippen LogP contribution is -2.34. The average Bonchev–Trinajstić information content (AvgIpc) is 2.70. The fourth-order valence-corrected chi connectivity index (χ4v) is 1.41. The fourth-order valence-electron chi connectivity index (χ4n) is 1.41. The van der Waals surface area contributed by atoms with Gasteiger partial charge < -0.3 is 10.1 Å². The van der Waals surface area contributed by atoms with Crippen LogP contribution in [0.4, 0.5) is 0 Å². The number of hydrogen-bond acceptors (Lipinski definition) is 3. The number of hydrogen-bond donors (Lipinski definition) is 1. The molecule has 0 aliphatic heterocycles. The van der Waals surface area contributed by atoms with Crippen LogP contribution in [-0.4, -0.2) is 25.0 Å². The predicted octanol–water partition coefficient (Wildman–Crippen LogP) is 0.712. The number of rotatable bonds is 3. The van der Waals surface area contributed by atoms with Gasteiger partial charge in [0.1, 0.15) is 0 Å². The summed E-state index contributed by atoms with van der Waals surface area (Å²) in [6.45, 7) is 6.78. The van der Waals surface area contributed by atoms with E-state index in [1.54, 1.807) is 6.92 Å². The molecule has 4 nitrogen and oxygen atoms in total. The Hall–Kier alpha value is -1.06. The second kappa shape index (κ2) is 3.98. The number of amides is 1. The highest BCUT2D eigenvalue weighted by Gasteiger charge is 2.45. The molecule has 1 amide bonds. The Labute approximate surface area is 84.0 Å². The standard InChI is InChI=1S/C10H17NO3/c1-4-14-9(13)8(12)11-6-7-5-10(7,2)3/h7H,4-6H2,1-3H3,(H,11,12). The number of esters is 1. The van der Waals surface area contributed by atoms with Gasteiger partial charge in [-0.25, -0.2) is 4.79 Å².